The minimum Gasteiger partial charge on any atom is -0.496 e. The van der Waals surface area contributed by atoms with E-state index in [1.165, 1.54) is 5.69 Å². The minimum absolute atomic E-state index is 0.583. The Bertz CT molecular complexity index is 488. The molecule has 0 spiro atoms. The molecule has 16 heavy (non-hydrogen) atoms. The summed E-state index contributed by atoms with van der Waals surface area (Å²) in [6, 6.07) is 8.26. The highest BCUT2D eigenvalue weighted by atomic mass is 16.5. The van der Waals surface area contributed by atoms with Crippen LogP contribution in [0.15, 0.2) is 24.3 Å². The van der Waals surface area contributed by atoms with Crippen molar-refractivity contribution in [3.63, 3.8) is 0 Å². The van der Waals surface area contributed by atoms with Gasteiger partial charge in [-0.1, -0.05) is 13.0 Å². The Kier molecular flexibility index (Phi) is 3.15. The van der Waals surface area contributed by atoms with Gasteiger partial charge in [-0.15, -0.1) is 0 Å². The first kappa shape index (κ1) is 11.0. The molecule has 0 N–H and O–H groups in total. The second kappa shape index (κ2) is 4.58. The fourth-order valence-electron chi connectivity index (χ4n) is 2.06. The number of ether oxygens (including phenoxy) is 2. The van der Waals surface area contributed by atoms with E-state index in [2.05, 4.69) is 23.6 Å². The first-order chi connectivity index (χ1) is 7.81. The summed E-state index contributed by atoms with van der Waals surface area (Å²) in [6.45, 7) is 2.73. The summed E-state index contributed by atoms with van der Waals surface area (Å²) in [4.78, 5) is 0. The van der Waals surface area contributed by atoms with E-state index in [4.69, 9.17) is 9.47 Å². The molecule has 1 aromatic heterocycles. The van der Waals surface area contributed by atoms with Crippen LogP contribution in [0.25, 0.3) is 10.9 Å². The average molecular weight is 219 g/mol. The van der Waals surface area contributed by atoms with Crippen molar-refractivity contribution in [2.75, 3.05) is 14.2 Å². The number of methoxy groups -OCH3 is 2. The van der Waals surface area contributed by atoms with E-state index >= 15 is 0 Å². The molecule has 1 heterocycles. The van der Waals surface area contributed by atoms with Crippen LogP contribution in [0.2, 0.25) is 0 Å². The fraction of sp³-hybridized carbons (Fsp3) is 0.385. The Morgan fingerprint density at radius 1 is 1.25 bits per heavy atom. The van der Waals surface area contributed by atoms with Crippen LogP contribution in [0.4, 0.5) is 0 Å². The van der Waals surface area contributed by atoms with Crippen LogP contribution >= 0.6 is 0 Å². The monoisotopic (exact) mass is 219 g/mol. The quantitative estimate of drug-likeness (QED) is 0.789. The lowest BCUT2D eigenvalue weighted by atomic mass is 10.2. The topological polar surface area (TPSA) is 23.4 Å². The van der Waals surface area contributed by atoms with Gasteiger partial charge in [0.2, 0.25) is 0 Å². The van der Waals surface area contributed by atoms with Gasteiger partial charge in [-0.25, -0.2) is 0 Å². The third kappa shape index (κ3) is 1.67. The number of aryl methyl sites for hydroxylation is 1. The highest BCUT2D eigenvalue weighted by molar-refractivity contribution is 5.87. The van der Waals surface area contributed by atoms with Crippen molar-refractivity contribution in [2.24, 2.45) is 0 Å². The van der Waals surface area contributed by atoms with Crippen LogP contribution in [-0.2, 0) is 17.9 Å². The number of hydrogen-bond acceptors (Lipinski definition) is 2. The maximum absolute atomic E-state index is 5.36. The zero-order valence-electron chi connectivity index (χ0n) is 9.99. The molecular weight excluding hydrogens is 202 g/mol. The van der Waals surface area contributed by atoms with Crippen molar-refractivity contribution in [1.82, 2.24) is 4.57 Å². The van der Waals surface area contributed by atoms with Crippen molar-refractivity contribution in [1.29, 1.82) is 0 Å². The predicted octanol–water partition coefficient (Wildman–Crippen LogP) is 2.82. The molecule has 2 aromatic rings. The van der Waals surface area contributed by atoms with Crippen LogP contribution in [0.3, 0.4) is 0 Å². The highest BCUT2D eigenvalue weighted by Crippen LogP contribution is 2.28. The molecule has 0 bridgehead atoms. The molecule has 0 saturated heterocycles. The Hall–Kier alpha value is -1.48. The van der Waals surface area contributed by atoms with Gasteiger partial charge in [-0.2, -0.15) is 0 Å². The Morgan fingerprint density at radius 3 is 2.69 bits per heavy atom. The minimum atomic E-state index is 0.583. The summed E-state index contributed by atoms with van der Waals surface area (Å²) >= 11 is 0. The molecule has 86 valence electrons. The number of aromatic nitrogens is 1. The number of hydrogen-bond donors (Lipinski definition) is 0. The van der Waals surface area contributed by atoms with Gasteiger partial charge < -0.3 is 14.0 Å². The Balaban J connectivity index is 2.66. The predicted molar refractivity (Wildman–Crippen MR) is 64.9 cm³/mol. The summed E-state index contributed by atoms with van der Waals surface area (Å²) in [5.74, 6) is 0.919. The first-order valence-electron chi connectivity index (χ1n) is 5.45. The molecule has 0 aliphatic carbocycles. The SMILES string of the molecule is CCc1cc2c(OC)cccc2n1COC. The standard InChI is InChI=1S/C13H17NO2/c1-4-10-8-11-12(14(10)9-15-2)6-5-7-13(11)16-3/h5-8H,4,9H2,1-3H3. The van der Waals surface area contributed by atoms with Crippen molar-refractivity contribution >= 4 is 10.9 Å². The molecule has 0 aliphatic heterocycles. The summed E-state index contributed by atoms with van der Waals surface area (Å²) in [6.07, 6.45) is 0.987. The van der Waals surface area contributed by atoms with E-state index in [-0.39, 0.29) is 0 Å². The second-order valence-corrected chi connectivity index (χ2v) is 3.73. The summed E-state index contributed by atoms with van der Waals surface area (Å²) in [5.41, 5.74) is 2.43. The Labute approximate surface area is 95.6 Å². The molecule has 2 rings (SSSR count). The van der Waals surface area contributed by atoms with Crippen molar-refractivity contribution in [2.45, 2.75) is 20.1 Å². The van der Waals surface area contributed by atoms with Gasteiger partial charge in [0, 0.05) is 18.2 Å². The van der Waals surface area contributed by atoms with Crippen LogP contribution in [0, 0.1) is 0 Å². The van der Waals surface area contributed by atoms with Crippen molar-refractivity contribution in [3.8, 4) is 5.75 Å². The molecule has 0 saturated carbocycles. The van der Waals surface area contributed by atoms with Gasteiger partial charge in [0.05, 0.1) is 12.6 Å². The lowest BCUT2D eigenvalue weighted by molar-refractivity contribution is 0.132. The van der Waals surface area contributed by atoms with Crippen molar-refractivity contribution in [3.05, 3.63) is 30.0 Å². The van der Waals surface area contributed by atoms with E-state index in [1.54, 1.807) is 14.2 Å². The molecule has 0 amide bonds. The van der Waals surface area contributed by atoms with Crippen LogP contribution < -0.4 is 4.74 Å². The lowest BCUT2D eigenvalue weighted by Gasteiger charge is -2.08. The molecular formula is C13H17NO2. The Morgan fingerprint density at radius 2 is 2.06 bits per heavy atom. The maximum Gasteiger partial charge on any atom is 0.128 e. The summed E-state index contributed by atoms with van der Waals surface area (Å²) < 4.78 is 12.8. The number of benzene rings is 1. The van der Waals surface area contributed by atoms with E-state index in [0.717, 1.165) is 23.1 Å². The molecule has 0 radical (unpaired) electrons. The van der Waals surface area contributed by atoms with Gasteiger partial charge in [0.25, 0.3) is 0 Å². The zero-order valence-corrected chi connectivity index (χ0v) is 9.99. The van der Waals surface area contributed by atoms with E-state index in [0.29, 0.717) is 6.73 Å². The van der Waals surface area contributed by atoms with E-state index in [1.807, 2.05) is 12.1 Å². The zero-order chi connectivity index (χ0) is 11.5. The highest BCUT2D eigenvalue weighted by Gasteiger charge is 2.10. The fourth-order valence-corrected chi connectivity index (χ4v) is 2.06. The number of nitrogens with zero attached hydrogens (tertiary/aromatic N) is 1. The smallest absolute Gasteiger partial charge is 0.128 e. The molecule has 3 nitrogen and oxygen atoms in total. The van der Waals surface area contributed by atoms with E-state index in [9.17, 15) is 0 Å². The van der Waals surface area contributed by atoms with Crippen LogP contribution in [0.5, 0.6) is 5.75 Å². The van der Waals surface area contributed by atoms with E-state index < -0.39 is 0 Å². The molecule has 0 atom stereocenters. The number of fused-ring (bicyclic) bond motifs is 1. The van der Waals surface area contributed by atoms with Gasteiger partial charge in [0.1, 0.15) is 12.5 Å². The molecule has 0 aliphatic rings. The normalized spacial score (nSPS) is 10.9. The van der Waals surface area contributed by atoms with Crippen molar-refractivity contribution < 1.29 is 9.47 Å². The van der Waals surface area contributed by atoms with Gasteiger partial charge in [-0.05, 0) is 24.6 Å². The van der Waals surface area contributed by atoms with Gasteiger partial charge in [-0.3, -0.25) is 0 Å². The number of rotatable bonds is 4. The molecule has 1 aromatic carbocycles. The third-order valence-corrected chi connectivity index (χ3v) is 2.83. The van der Waals surface area contributed by atoms with Crippen LogP contribution in [-0.4, -0.2) is 18.8 Å². The lowest BCUT2D eigenvalue weighted by Crippen LogP contribution is -2.03. The molecule has 3 heteroatoms. The van der Waals surface area contributed by atoms with Gasteiger partial charge in [0.15, 0.2) is 0 Å². The molecule has 0 fully saturated rings. The maximum atomic E-state index is 5.36. The van der Waals surface area contributed by atoms with Gasteiger partial charge >= 0.3 is 0 Å². The molecule has 0 unspecified atom stereocenters. The van der Waals surface area contributed by atoms with Crippen LogP contribution in [0.1, 0.15) is 12.6 Å². The first-order valence-corrected chi connectivity index (χ1v) is 5.45. The third-order valence-electron chi connectivity index (χ3n) is 2.83. The average Bonchev–Trinajstić information content (AvgIpc) is 2.68. The largest absolute Gasteiger partial charge is 0.496 e. The summed E-state index contributed by atoms with van der Waals surface area (Å²) in [5, 5.41) is 1.15. The summed E-state index contributed by atoms with van der Waals surface area (Å²) in [7, 11) is 3.42. The second-order valence-electron chi connectivity index (χ2n) is 3.73.